The van der Waals surface area contributed by atoms with Gasteiger partial charge in [-0.05, 0) is 46.5 Å². The Morgan fingerprint density at radius 1 is 1.24 bits per heavy atom. The average molecular weight is 241 g/mol. The third-order valence-corrected chi connectivity index (χ3v) is 3.32. The van der Waals surface area contributed by atoms with Crippen molar-refractivity contribution >= 4 is 5.97 Å². The Morgan fingerprint density at radius 3 is 2.35 bits per heavy atom. The third kappa shape index (κ3) is 6.06. The van der Waals surface area contributed by atoms with Crippen molar-refractivity contribution in [2.75, 3.05) is 0 Å². The van der Waals surface area contributed by atoms with Gasteiger partial charge in [-0.3, -0.25) is 4.79 Å². The van der Waals surface area contributed by atoms with Crippen molar-refractivity contribution in [2.45, 2.75) is 83.3 Å². The van der Waals surface area contributed by atoms with Gasteiger partial charge in [0.1, 0.15) is 5.60 Å². The van der Waals surface area contributed by atoms with Gasteiger partial charge in [0.2, 0.25) is 0 Å². The topological polar surface area (TPSA) is 52.3 Å². The van der Waals surface area contributed by atoms with Crippen LogP contribution in [0.25, 0.3) is 0 Å². The van der Waals surface area contributed by atoms with E-state index >= 15 is 0 Å². The van der Waals surface area contributed by atoms with Crippen LogP contribution in [-0.2, 0) is 9.53 Å². The summed E-state index contributed by atoms with van der Waals surface area (Å²) in [6, 6.07) is 0. The van der Waals surface area contributed by atoms with Crippen LogP contribution in [-0.4, -0.2) is 17.1 Å². The Morgan fingerprint density at radius 2 is 1.82 bits per heavy atom. The van der Waals surface area contributed by atoms with Crippen LogP contribution in [0.1, 0.15) is 72.1 Å². The zero-order valence-electron chi connectivity index (χ0n) is 11.6. The first-order valence-corrected chi connectivity index (χ1v) is 6.82. The third-order valence-electron chi connectivity index (χ3n) is 3.32. The lowest BCUT2D eigenvalue weighted by molar-refractivity contribution is -0.154. The quantitative estimate of drug-likeness (QED) is 0.594. The minimum absolute atomic E-state index is 0.0634. The Kier molecular flexibility index (Phi) is 4.99. The molecule has 3 heteroatoms. The summed E-state index contributed by atoms with van der Waals surface area (Å²) in [4.78, 5) is 11.5. The maximum absolute atomic E-state index is 11.5. The molecule has 0 unspecified atom stereocenters. The van der Waals surface area contributed by atoms with Gasteiger partial charge in [-0.2, -0.15) is 0 Å². The zero-order chi connectivity index (χ0) is 12.9. The molecule has 0 aromatic heterocycles. The summed E-state index contributed by atoms with van der Waals surface area (Å²) in [6.45, 7) is 5.70. The number of rotatable bonds is 5. The smallest absolute Gasteiger partial charge is 0.306 e. The summed E-state index contributed by atoms with van der Waals surface area (Å²) < 4.78 is 5.26. The van der Waals surface area contributed by atoms with Crippen molar-refractivity contribution < 1.29 is 9.53 Å². The van der Waals surface area contributed by atoms with E-state index in [9.17, 15) is 4.79 Å². The molecule has 100 valence electrons. The van der Waals surface area contributed by atoms with Crippen molar-refractivity contribution in [3.63, 3.8) is 0 Å². The van der Waals surface area contributed by atoms with Crippen molar-refractivity contribution in [3.05, 3.63) is 0 Å². The molecule has 1 aliphatic rings. The number of hydrogen-bond acceptors (Lipinski definition) is 3. The fourth-order valence-electron chi connectivity index (χ4n) is 2.47. The lowest BCUT2D eigenvalue weighted by Crippen LogP contribution is -2.36. The van der Waals surface area contributed by atoms with Gasteiger partial charge in [-0.25, -0.2) is 0 Å². The van der Waals surface area contributed by atoms with E-state index < -0.39 is 0 Å². The van der Waals surface area contributed by atoms with Gasteiger partial charge in [0.05, 0.1) is 0 Å². The maximum atomic E-state index is 11.5. The Bertz CT molecular complexity index is 249. The second-order valence-electron chi connectivity index (χ2n) is 6.36. The Hall–Kier alpha value is -0.570. The van der Waals surface area contributed by atoms with Crippen LogP contribution in [0, 0.1) is 0 Å². The van der Waals surface area contributed by atoms with E-state index in [1.165, 1.54) is 12.8 Å². The molecular formula is C14H27NO2. The summed E-state index contributed by atoms with van der Waals surface area (Å²) in [5.41, 5.74) is 5.96. The first kappa shape index (κ1) is 14.5. The summed E-state index contributed by atoms with van der Waals surface area (Å²) >= 11 is 0. The van der Waals surface area contributed by atoms with Crippen molar-refractivity contribution in [1.29, 1.82) is 0 Å². The molecule has 0 heterocycles. The largest absolute Gasteiger partial charge is 0.460 e. The predicted octanol–water partition coefficient (Wildman–Crippen LogP) is 3.16. The normalized spacial score (nSPS) is 19.3. The molecule has 0 amide bonds. The van der Waals surface area contributed by atoms with E-state index in [0.717, 1.165) is 32.1 Å². The lowest BCUT2D eigenvalue weighted by Gasteiger charge is -2.23. The number of esters is 1. The van der Waals surface area contributed by atoms with E-state index in [0.29, 0.717) is 6.42 Å². The van der Waals surface area contributed by atoms with Crippen LogP contribution in [0.2, 0.25) is 0 Å². The van der Waals surface area contributed by atoms with E-state index in [-0.39, 0.29) is 17.1 Å². The number of carbonyl (C=O) groups is 1. The molecule has 0 bridgehead atoms. The van der Waals surface area contributed by atoms with Crippen molar-refractivity contribution in [3.8, 4) is 0 Å². The predicted molar refractivity (Wildman–Crippen MR) is 69.7 cm³/mol. The van der Waals surface area contributed by atoms with Crippen LogP contribution in [0.4, 0.5) is 0 Å². The molecule has 1 aliphatic carbocycles. The molecular weight excluding hydrogens is 214 g/mol. The molecule has 0 spiro atoms. The van der Waals surface area contributed by atoms with Crippen LogP contribution >= 0.6 is 0 Å². The number of carbonyl (C=O) groups excluding carboxylic acids is 1. The molecule has 2 N–H and O–H groups in total. The Labute approximate surface area is 105 Å². The highest BCUT2D eigenvalue weighted by Gasteiger charge is 2.28. The summed E-state index contributed by atoms with van der Waals surface area (Å²) in [6.07, 6.45) is 8.34. The van der Waals surface area contributed by atoms with Gasteiger partial charge in [0.15, 0.2) is 0 Å². The van der Waals surface area contributed by atoms with Gasteiger partial charge in [-0.1, -0.05) is 19.3 Å². The van der Waals surface area contributed by atoms with Crippen LogP contribution in [0.5, 0.6) is 0 Å². The molecule has 1 saturated carbocycles. The SMILES string of the molecule is CC(C)(C)OC(=O)CCCCC1(N)CCCC1. The van der Waals surface area contributed by atoms with Gasteiger partial charge in [0, 0.05) is 12.0 Å². The van der Waals surface area contributed by atoms with Crippen LogP contribution in [0.15, 0.2) is 0 Å². The minimum atomic E-state index is -0.363. The van der Waals surface area contributed by atoms with Crippen molar-refractivity contribution in [2.24, 2.45) is 5.73 Å². The van der Waals surface area contributed by atoms with Crippen LogP contribution < -0.4 is 5.73 Å². The number of unbranched alkanes of at least 4 members (excludes halogenated alkanes) is 1. The van der Waals surface area contributed by atoms with Gasteiger partial charge in [-0.15, -0.1) is 0 Å². The van der Waals surface area contributed by atoms with Crippen LogP contribution in [0.3, 0.4) is 0 Å². The van der Waals surface area contributed by atoms with E-state index in [4.69, 9.17) is 10.5 Å². The number of nitrogens with two attached hydrogens (primary N) is 1. The highest BCUT2D eigenvalue weighted by molar-refractivity contribution is 5.69. The molecule has 1 rings (SSSR count). The molecule has 0 aromatic carbocycles. The fraction of sp³-hybridized carbons (Fsp3) is 0.929. The number of ether oxygens (including phenoxy) is 1. The minimum Gasteiger partial charge on any atom is -0.460 e. The van der Waals surface area contributed by atoms with Gasteiger partial charge in [0.25, 0.3) is 0 Å². The molecule has 3 nitrogen and oxygen atoms in total. The summed E-state index contributed by atoms with van der Waals surface area (Å²) in [5.74, 6) is -0.0880. The average Bonchev–Trinajstić information content (AvgIpc) is 2.58. The van der Waals surface area contributed by atoms with E-state index in [1.54, 1.807) is 0 Å². The van der Waals surface area contributed by atoms with Crippen molar-refractivity contribution in [1.82, 2.24) is 0 Å². The fourth-order valence-corrected chi connectivity index (χ4v) is 2.47. The van der Waals surface area contributed by atoms with E-state index in [1.807, 2.05) is 20.8 Å². The highest BCUT2D eigenvalue weighted by atomic mass is 16.6. The molecule has 0 aliphatic heterocycles. The lowest BCUT2D eigenvalue weighted by atomic mass is 9.92. The molecule has 0 atom stereocenters. The molecule has 17 heavy (non-hydrogen) atoms. The summed E-state index contributed by atoms with van der Waals surface area (Å²) in [5, 5.41) is 0. The Balaban J connectivity index is 2.10. The molecule has 0 radical (unpaired) electrons. The number of hydrogen-bond donors (Lipinski definition) is 1. The second-order valence-corrected chi connectivity index (χ2v) is 6.36. The monoisotopic (exact) mass is 241 g/mol. The highest BCUT2D eigenvalue weighted by Crippen LogP contribution is 2.31. The van der Waals surface area contributed by atoms with E-state index in [2.05, 4.69) is 0 Å². The maximum Gasteiger partial charge on any atom is 0.306 e. The summed E-state index contributed by atoms with van der Waals surface area (Å²) in [7, 11) is 0. The van der Waals surface area contributed by atoms with Gasteiger partial charge < -0.3 is 10.5 Å². The first-order valence-electron chi connectivity index (χ1n) is 6.82. The van der Waals surface area contributed by atoms with Gasteiger partial charge >= 0.3 is 5.97 Å². The molecule has 0 aromatic rings. The zero-order valence-corrected chi connectivity index (χ0v) is 11.6. The molecule has 1 fully saturated rings. The second kappa shape index (κ2) is 5.85. The molecule has 0 saturated heterocycles. The first-order chi connectivity index (χ1) is 7.81. The standard InChI is InChI=1S/C14H27NO2/c1-13(2,3)17-12(16)8-4-5-9-14(15)10-6-7-11-14/h4-11,15H2,1-3H3.